The van der Waals surface area contributed by atoms with Gasteiger partial charge in [0, 0.05) is 16.7 Å². The molecule has 2 saturated heterocycles. The van der Waals surface area contributed by atoms with E-state index in [1.807, 2.05) is 12.1 Å². The van der Waals surface area contributed by atoms with Crippen molar-refractivity contribution in [2.24, 2.45) is 0 Å². The van der Waals surface area contributed by atoms with Crippen molar-refractivity contribution >= 4 is 90.9 Å². The molecule has 0 N–H and O–H groups in total. The molecule has 0 radical (unpaired) electrons. The fourth-order valence-corrected chi connectivity index (χ4v) is 6.89. The Bertz CT molecular complexity index is 1330. The van der Waals surface area contributed by atoms with Gasteiger partial charge in [0.2, 0.25) is 0 Å². The number of thiocarbonyl (C=S) groups is 1. The fraction of sp³-hybridized carbons (Fsp3) is 0.208. The Balaban J connectivity index is 1.28. The number of carbonyl (C=O) groups excluding carboxylic acids is 2. The van der Waals surface area contributed by atoms with Crippen molar-refractivity contribution in [1.29, 1.82) is 0 Å². The van der Waals surface area contributed by atoms with Gasteiger partial charge in [-0.05, 0) is 48.7 Å². The smallest absolute Gasteiger partial charge is 0.355 e. The number of esters is 1. The van der Waals surface area contributed by atoms with E-state index in [2.05, 4.69) is 0 Å². The average Bonchev–Trinajstić information content (AvgIpc) is 3.51. The highest BCUT2D eigenvalue weighted by Crippen LogP contribution is 2.40. The van der Waals surface area contributed by atoms with Crippen LogP contribution in [0.1, 0.15) is 28.1 Å². The molecular formula is C24H17Cl2NO4S3. The Morgan fingerprint density at radius 1 is 1.24 bits per heavy atom. The van der Waals surface area contributed by atoms with Gasteiger partial charge in [0.25, 0.3) is 5.91 Å². The molecule has 1 aromatic heterocycles. The van der Waals surface area contributed by atoms with Crippen molar-refractivity contribution in [1.82, 2.24) is 4.90 Å². The Morgan fingerprint density at radius 3 is 2.74 bits per heavy atom. The Kier molecular flexibility index (Phi) is 6.97. The molecule has 0 spiro atoms. The number of carbonyl (C=O) groups is 2. The quantitative estimate of drug-likeness (QED) is 0.151. The van der Waals surface area contributed by atoms with Crippen LogP contribution in [0.15, 0.2) is 47.4 Å². The molecule has 1 atom stereocenters. The monoisotopic (exact) mass is 549 g/mol. The predicted octanol–water partition coefficient (Wildman–Crippen LogP) is 6.81. The molecule has 174 valence electrons. The minimum atomic E-state index is -0.551. The largest absolute Gasteiger partial charge is 0.422 e. The van der Waals surface area contributed by atoms with Crippen LogP contribution in [0.4, 0.5) is 0 Å². The molecule has 3 heterocycles. The van der Waals surface area contributed by atoms with Crippen molar-refractivity contribution < 1.29 is 19.1 Å². The van der Waals surface area contributed by atoms with Gasteiger partial charge >= 0.3 is 5.97 Å². The van der Waals surface area contributed by atoms with E-state index in [1.165, 1.54) is 23.1 Å². The van der Waals surface area contributed by atoms with Crippen molar-refractivity contribution in [3.63, 3.8) is 0 Å². The number of ether oxygens (including phenoxy) is 2. The summed E-state index contributed by atoms with van der Waals surface area (Å²) in [4.78, 5) is 28.0. The van der Waals surface area contributed by atoms with Crippen molar-refractivity contribution in [2.75, 3.05) is 13.2 Å². The number of fused-ring (bicyclic) bond motifs is 1. The van der Waals surface area contributed by atoms with E-state index in [1.54, 1.807) is 41.3 Å². The molecule has 2 fully saturated rings. The van der Waals surface area contributed by atoms with Gasteiger partial charge in [0.15, 0.2) is 0 Å². The summed E-state index contributed by atoms with van der Waals surface area (Å²) >= 11 is 20.5. The number of benzene rings is 2. The second-order valence-corrected chi connectivity index (χ2v) is 11.3. The number of thioether (sulfide) groups is 1. The Hall–Kier alpha value is -1.94. The summed E-state index contributed by atoms with van der Waals surface area (Å²) < 4.78 is 12.5. The van der Waals surface area contributed by atoms with E-state index in [9.17, 15) is 9.59 Å². The zero-order valence-electron chi connectivity index (χ0n) is 17.6. The maximum atomic E-state index is 12.8. The highest BCUT2D eigenvalue weighted by atomic mass is 35.5. The third kappa shape index (κ3) is 4.76. The summed E-state index contributed by atoms with van der Waals surface area (Å²) in [6.07, 6.45) is 3.78. The number of hydrogen-bond acceptors (Lipinski definition) is 7. The second kappa shape index (κ2) is 9.97. The van der Waals surface area contributed by atoms with Gasteiger partial charge in [-0.3, -0.25) is 9.69 Å². The summed E-state index contributed by atoms with van der Waals surface area (Å²) in [5.74, 6) is -0.295. The predicted molar refractivity (Wildman–Crippen MR) is 142 cm³/mol. The summed E-state index contributed by atoms with van der Waals surface area (Å²) in [5, 5.41) is 1.43. The zero-order valence-corrected chi connectivity index (χ0v) is 21.5. The lowest BCUT2D eigenvalue weighted by molar-refractivity contribution is -0.123. The van der Waals surface area contributed by atoms with Crippen LogP contribution >= 0.6 is 58.5 Å². The van der Waals surface area contributed by atoms with Crippen LogP contribution in [0.2, 0.25) is 10.0 Å². The van der Waals surface area contributed by atoms with Gasteiger partial charge in [-0.25, -0.2) is 4.79 Å². The maximum absolute atomic E-state index is 12.8. The van der Waals surface area contributed by atoms with Crippen molar-refractivity contribution in [3.8, 4) is 5.75 Å². The lowest BCUT2D eigenvalue weighted by Crippen LogP contribution is -2.35. The molecule has 0 bridgehead atoms. The topological polar surface area (TPSA) is 55.8 Å². The van der Waals surface area contributed by atoms with E-state index >= 15 is 0 Å². The van der Waals surface area contributed by atoms with Gasteiger partial charge in [-0.15, -0.1) is 11.3 Å². The maximum Gasteiger partial charge on any atom is 0.355 e. The summed E-state index contributed by atoms with van der Waals surface area (Å²) in [7, 11) is 0. The lowest BCUT2D eigenvalue weighted by atomic mass is 10.2. The second-order valence-electron chi connectivity index (χ2n) is 7.74. The van der Waals surface area contributed by atoms with Gasteiger partial charge in [0.05, 0.1) is 27.6 Å². The number of halogens is 2. The van der Waals surface area contributed by atoms with E-state index in [0.717, 1.165) is 29.7 Å². The number of nitrogens with zero attached hydrogens (tertiary/aromatic N) is 1. The third-order valence-electron chi connectivity index (χ3n) is 5.46. The van der Waals surface area contributed by atoms with Crippen LogP contribution in [0, 0.1) is 0 Å². The van der Waals surface area contributed by atoms with Crippen LogP contribution in [0.5, 0.6) is 5.75 Å². The number of rotatable bonds is 5. The van der Waals surface area contributed by atoms with E-state index < -0.39 is 5.97 Å². The lowest BCUT2D eigenvalue weighted by Gasteiger charge is -2.18. The molecule has 5 nitrogen and oxygen atoms in total. The van der Waals surface area contributed by atoms with Crippen molar-refractivity contribution in [3.05, 3.63) is 67.9 Å². The first-order valence-electron chi connectivity index (χ1n) is 10.5. The molecule has 0 aliphatic carbocycles. The molecule has 3 aromatic rings. The first-order valence-corrected chi connectivity index (χ1v) is 13.3. The van der Waals surface area contributed by atoms with Crippen LogP contribution in [0.25, 0.3) is 16.2 Å². The van der Waals surface area contributed by atoms with Gasteiger partial charge in [-0.2, -0.15) is 0 Å². The first kappa shape index (κ1) is 23.8. The van der Waals surface area contributed by atoms with Crippen molar-refractivity contribution in [2.45, 2.75) is 18.9 Å². The molecule has 5 rings (SSSR count). The molecule has 34 heavy (non-hydrogen) atoms. The van der Waals surface area contributed by atoms with Crippen LogP contribution < -0.4 is 4.74 Å². The molecule has 0 unspecified atom stereocenters. The highest BCUT2D eigenvalue weighted by molar-refractivity contribution is 8.26. The zero-order chi connectivity index (χ0) is 23.8. The minimum Gasteiger partial charge on any atom is -0.422 e. The molecule has 1 amide bonds. The van der Waals surface area contributed by atoms with Gasteiger partial charge in [0.1, 0.15) is 14.9 Å². The summed E-state index contributed by atoms with van der Waals surface area (Å²) in [6.45, 7) is 1.22. The molecule has 2 aliphatic rings. The molecular weight excluding hydrogens is 533 g/mol. The first-order chi connectivity index (χ1) is 16.4. The molecule has 2 aromatic carbocycles. The Morgan fingerprint density at radius 2 is 2.03 bits per heavy atom. The normalized spacial score (nSPS) is 19.5. The van der Waals surface area contributed by atoms with E-state index in [-0.39, 0.29) is 17.0 Å². The molecule has 10 heteroatoms. The number of hydrogen-bond donors (Lipinski definition) is 0. The fourth-order valence-electron chi connectivity index (χ4n) is 3.79. The summed E-state index contributed by atoms with van der Waals surface area (Å²) in [6, 6.07) is 12.3. The SMILES string of the molecule is O=C(Oc1ccc(/C=C2\SC(=S)N(C[C@H]3CCCO3)C2=O)cc1)c1sc2cccc(Cl)c2c1Cl. The minimum absolute atomic E-state index is 0.0429. The molecule has 2 aliphatic heterocycles. The highest BCUT2D eigenvalue weighted by Gasteiger charge is 2.34. The standard InChI is InChI=1S/C24H17Cl2NO4S3/c25-16-4-1-5-17-19(16)20(26)21(33-17)23(29)31-14-8-6-13(7-9-14)11-18-22(28)27(24(32)34-18)12-15-3-2-10-30-15/h1,4-9,11,15H,2-3,10,12H2/b18-11-/t15-/m1/s1. The van der Waals surface area contributed by atoms with Crippen LogP contribution in [-0.2, 0) is 9.53 Å². The average molecular weight is 551 g/mol. The Labute approximate surface area is 219 Å². The number of amides is 1. The van der Waals surface area contributed by atoms with E-state index in [4.69, 9.17) is 44.9 Å². The van der Waals surface area contributed by atoms with Crippen LogP contribution in [-0.4, -0.2) is 40.4 Å². The summed E-state index contributed by atoms with van der Waals surface area (Å²) in [5.41, 5.74) is 0.795. The third-order valence-corrected chi connectivity index (χ3v) is 8.78. The van der Waals surface area contributed by atoms with Gasteiger partial charge < -0.3 is 9.47 Å². The van der Waals surface area contributed by atoms with Crippen LogP contribution in [0.3, 0.4) is 0 Å². The van der Waals surface area contributed by atoms with E-state index in [0.29, 0.717) is 36.8 Å². The molecule has 0 saturated carbocycles. The van der Waals surface area contributed by atoms with Gasteiger partial charge in [-0.1, -0.05) is 65.4 Å². The number of thiophene rings is 1.